The Balaban J connectivity index is 1.89. The fourth-order valence-corrected chi connectivity index (χ4v) is 2.98. The minimum Gasteiger partial charge on any atom is -0.341 e. The monoisotopic (exact) mass is 274 g/mol. The Bertz CT molecular complexity index is 418. The predicted molar refractivity (Wildman–Crippen MR) is 82.3 cm³/mol. The molecule has 1 aliphatic rings. The van der Waals surface area contributed by atoms with Gasteiger partial charge in [0.05, 0.1) is 6.04 Å². The second-order valence-corrected chi connectivity index (χ2v) is 5.83. The molecular weight excluding hydrogens is 248 g/mol. The topological polar surface area (TPSA) is 46.3 Å². The van der Waals surface area contributed by atoms with E-state index >= 15 is 0 Å². The van der Waals surface area contributed by atoms with Crippen molar-refractivity contribution >= 4 is 5.91 Å². The number of benzene rings is 1. The van der Waals surface area contributed by atoms with Gasteiger partial charge in [0.25, 0.3) is 0 Å². The molecule has 1 saturated heterocycles. The summed E-state index contributed by atoms with van der Waals surface area (Å²) in [4.78, 5) is 14.4. The van der Waals surface area contributed by atoms with E-state index in [1.165, 1.54) is 12.8 Å². The molecule has 0 aliphatic carbocycles. The van der Waals surface area contributed by atoms with Crippen LogP contribution in [0, 0.1) is 5.92 Å². The molecule has 1 amide bonds. The molecule has 0 aromatic heterocycles. The SMILES string of the molecule is CCC1CCCN(C(=O)[C@H](N)Cc2ccccc2)CC1. The molecule has 2 N–H and O–H groups in total. The number of hydrogen-bond donors (Lipinski definition) is 1. The zero-order valence-electron chi connectivity index (χ0n) is 12.4. The molecule has 0 spiro atoms. The highest BCUT2D eigenvalue weighted by Gasteiger charge is 2.24. The Kier molecular flexibility index (Phi) is 5.60. The number of carbonyl (C=O) groups is 1. The highest BCUT2D eigenvalue weighted by atomic mass is 16.2. The highest BCUT2D eigenvalue weighted by molar-refractivity contribution is 5.82. The molecule has 1 unspecified atom stereocenters. The van der Waals surface area contributed by atoms with Crippen LogP contribution in [-0.2, 0) is 11.2 Å². The second-order valence-electron chi connectivity index (χ2n) is 5.83. The number of nitrogens with two attached hydrogens (primary N) is 1. The van der Waals surface area contributed by atoms with Crippen molar-refractivity contribution in [1.82, 2.24) is 4.90 Å². The average molecular weight is 274 g/mol. The molecule has 20 heavy (non-hydrogen) atoms. The molecule has 1 aromatic carbocycles. The summed E-state index contributed by atoms with van der Waals surface area (Å²) >= 11 is 0. The molecular formula is C17H26N2O. The fourth-order valence-electron chi connectivity index (χ4n) is 2.98. The Labute approximate surface area is 122 Å². The van der Waals surface area contributed by atoms with Crippen molar-refractivity contribution in [2.45, 2.75) is 45.1 Å². The zero-order chi connectivity index (χ0) is 14.4. The van der Waals surface area contributed by atoms with Gasteiger partial charge in [0.15, 0.2) is 0 Å². The molecule has 3 heteroatoms. The molecule has 0 bridgehead atoms. The first-order valence-corrected chi connectivity index (χ1v) is 7.79. The van der Waals surface area contributed by atoms with E-state index in [1.54, 1.807) is 0 Å². The minimum atomic E-state index is -0.407. The van der Waals surface area contributed by atoms with Crippen molar-refractivity contribution in [2.24, 2.45) is 11.7 Å². The average Bonchev–Trinajstić information content (AvgIpc) is 2.72. The van der Waals surface area contributed by atoms with Crippen molar-refractivity contribution < 1.29 is 4.79 Å². The van der Waals surface area contributed by atoms with Crippen LogP contribution in [0.5, 0.6) is 0 Å². The van der Waals surface area contributed by atoms with Gasteiger partial charge in [0.2, 0.25) is 5.91 Å². The van der Waals surface area contributed by atoms with Gasteiger partial charge in [-0.25, -0.2) is 0 Å². The highest BCUT2D eigenvalue weighted by Crippen LogP contribution is 2.20. The molecule has 1 aliphatic heterocycles. The standard InChI is InChI=1S/C17H26N2O/c1-2-14-9-6-11-19(12-10-14)17(20)16(18)13-15-7-4-3-5-8-15/h3-5,7-8,14,16H,2,6,9-13,18H2,1H3/t14?,16-/m1/s1. The lowest BCUT2D eigenvalue weighted by atomic mass is 9.98. The smallest absolute Gasteiger partial charge is 0.239 e. The first-order chi connectivity index (χ1) is 9.70. The lowest BCUT2D eigenvalue weighted by Crippen LogP contribution is -2.45. The van der Waals surface area contributed by atoms with Crippen LogP contribution in [0.2, 0.25) is 0 Å². The lowest BCUT2D eigenvalue weighted by Gasteiger charge is -2.24. The maximum atomic E-state index is 12.5. The molecule has 1 fully saturated rings. The van der Waals surface area contributed by atoms with E-state index in [0.29, 0.717) is 6.42 Å². The number of hydrogen-bond acceptors (Lipinski definition) is 2. The van der Waals surface area contributed by atoms with E-state index in [-0.39, 0.29) is 5.91 Å². The summed E-state index contributed by atoms with van der Waals surface area (Å²) in [5.74, 6) is 0.892. The normalized spacial score (nSPS) is 21.3. The molecule has 2 rings (SSSR count). The summed E-state index contributed by atoms with van der Waals surface area (Å²) in [6.45, 7) is 3.99. The third-order valence-electron chi connectivity index (χ3n) is 4.35. The predicted octanol–water partition coefficient (Wildman–Crippen LogP) is 2.60. The summed E-state index contributed by atoms with van der Waals surface area (Å²) in [5, 5.41) is 0. The molecule has 2 atom stereocenters. The Hall–Kier alpha value is -1.35. The molecule has 110 valence electrons. The van der Waals surface area contributed by atoms with Crippen LogP contribution in [0.1, 0.15) is 38.2 Å². The quantitative estimate of drug-likeness (QED) is 0.917. The summed E-state index contributed by atoms with van der Waals surface area (Å²) in [5.41, 5.74) is 7.24. The van der Waals surface area contributed by atoms with Gasteiger partial charge in [-0.2, -0.15) is 0 Å². The molecule has 3 nitrogen and oxygen atoms in total. The summed E-state index contributed by atoms with van der Waals surface area (Å²) in [6, 6.07) is 9.62. The Morgan fingerprint density at radius 1 is 1.30 bits per heavy atom. The van der Waals surface area contributed by atoms with Gasteiger partial charge >= 0.3 is 0 Å². The number of likely N-dealkylation sites (tertiary alicyclic amines) is 1. The zero-order valence-corrected chi connectivity index (χ0v) is 12.4. The van der Waals surface area contributed by atoms with Gasteiger partial charge < -0.3 is 10.6 Å². The summed E-state index contributed by atoms with van der Waals surface area (Å²) < 4.78 is 0. The molecule has 1 heterocycles. The largest absolute Gasteiger partial charge is 0.341 e. The first-order valence-electron chi connectivity index (χ1n) is 7.79. The fraction of sp³-hybridized carbons (Fsp3) is 0.588. The van der Waals surface area contributed by atoms with Crippen molar-refractivity contribution in [3.05, 3.63) is 35.9 Å². The van der Waals surface area contributed by atoms with Crippen molar-refractivity contribution in [1.29, 1.82) is 0 Å². The lowest BCUT2D eigenvalue weighted by molar-refractivity contribution is -0.132. The van der Waals surface area contributed by atoms with Gasteiger partial charge in [0.1, 0.15) is 0 Å². The van der Waals surface area contributed by atoms with Crippen molar-refractivity contribution in [2.75, 3.05) is 13.1 Å². The molecule has 1 aromatic rings. The first kappa shape index (κ1) is 15.0. The van der Waals surface area contributed by atoms with E-state index in [4.69, 9.17) is 5.73 Å². The second kappa shape index (κ2) is 7.44. The minimum absolute atomic E-state index is 0.116. The van der Waals surface area contributed by atoms with Crippen LogP contribution in [0.25, 0.3) is 0 Å². The molecule has 0 radical (unpaired) electrons. The summed E-state index contributed by atoms with van der Waals surface area (Å²) in [7, 11) is 0. The van der Waals surface area contributed by atoms with E-state index in [0.717, 1.165) is 37.4 Å². The van der Waals surface area contributed by atoms with Crippen LogP contribution < -0.4 is 5.73 Å². The van der Waals surface area contributed by atoms with E-state index in [9.17, 15) is 4.79 Å². The van der Waals surface area contributed by atoms with Gasteiger partial charge in [0, 0.05) is 13.1 Å². The van der Waals surface area contributed by atoms with Gasteiger partial charge in [-0.15, -0.1) is 0 Å². The van der Waals surface area contributed by atoms with Crippen LogP contribution >= 0.6 is 0 Å². The van der Waals surface area contributed by atoms with E-state index in [1.807, 2.05) is 35.2 Å². The van der Waals surface area contributed by atoms with Crippen LogP contribution in [0.15, 0.2) is 30.3 Å². The van der Waals surface area contributed by atoms with Crippen molar-refractivity contribution in [3.8, 4) is 0 Å². The van der Waals surface area contributed by atoms with E-state index in [2.05, 4.69) is 6.92 Å². The Morgan fingerprint density at radius 2 is 2.05 bits per heavy atom. The third-order valence-corrected chi connectivity index (χ3v) is 4.35. The molecule has 0 saturated carbocycles. The van der Waals surface area contributed by atoms with Crippen LogP contribution in [0.4, 0.5) is 0 Å². The number of amides is 1. The maximum Gasteiger partial charge on any atom is 0.239 e. The summed E-state index contributed by atoms with van der Waals surface area (Å²) in [6.07, 6.45) is 5.34. The van der Waals surface area contributed by atoms with Gasteiger partial charge in [-0.1, -0.05) is 43.7 Å². The van der Waals surface area contributed by atoms with Gasteiger partial charge in [-0.05, 0) is 37.2 Å². The number of nitrogens with zero attached hydrogens (tertiary/aromatic N) is 1. The van der Waals surface area contributed by atoms with E-state index < -0.39 is 6.04 Å². The van der Waals surface area contributed by atoms with Crippen molar-refractivity contribution in [3.63, 3.8) is 0 Å². The third kappa shape index (κ3) is 4.07. The maximum absolute atomic E-state index is 12.5. The van der Waals surface area contributed by atoms with Gasteiger partial charge in [-0.3, -0.25) is 4.79 Å². The van der Waals surface area contributed by atoms with Crippen LogP contribution in [-0.4, -0.2) is 29.9 Å². The van der Waals surface area contributed by atoms with Crippen LogP contribution in [0.3, 0.4) is 0 Å². The Morgan fingerprint density at radius 3 is 2.75 bits per heavy atom. The number of carbonyl (C=O) groups excluding carboxylic acids is 1. The number of rotatable bonds is 4.